The lowest BCUT2D eigenvalue weighted by molar-refractivity contribution is -0.115. The Labute approximate surface area is 256 Å². The lowest BCUT2D eigenvalue weighted by Crippen LogP contribution is -2.16. The Kier molecular flexibility index (Phi) is 10.8. The molecule has 0 bridgehead atoms. The zero-order valence-corrected chi connectivity index (χ0v) is 25.3. The summed E-state index contributed by atoms with van der Waals surface area (Å²) in [6.45, 7) is 3.49. The van der Waals surface area contributed by atoms with Crippen LogP contribution in [0.15, 0.2) is 83.8 Å². The van der Waals surface area contributed by atoms with Crippen molar-refractivity contribution in [2.45, 2.75) is 25.2 Å². The molecule has 0 atom stereocenters. The normalized spacial score (nSPS) is 10.5. The minimum Gasteiger partial charge on any atom is -0.462 e. The molecule has 3 aromatic carbocycles. The van der Waals surface area contributed by atoms with E-state index < -0.39 is 5.97 Å². The predicted molar refractivity (Wildman–Crippen MR) is 169 cm³/mol. The molecule has 4 rings (SSSR count). The zero-order chi connectivity index (χ0) is 30.1. The number of thioether (sulfide) groups is 1. The SMILES string of the molecule is CCOC(=O)c1c(NC(=O)CSc2cccc(NC(=O)Cc3ccc(Cl)cc3)c2)sc(C(=O)Nc2ccccc2)c1C. The van der Waals surface area contributed by atoms with Crippen molar-refractivity contribution in [2.24, 2.45) is 0 Å². The van der Waals surface area contributed by atoms with E-state index in [0.29, 0.717) is 26.8 Å². The summed E-state index contributed by atoms with van der Waals surface area (Å²) in [4.78, 5) is 52.2. The van der Waals surface area contributed by atoms with Gasteiger partial charge in [0.1, 0.15) is 5.00 Å². The fraction of sp³-hybridized carbons (Fsp3) is 0.161. The van der Waals surface area contributed by atoms with Crippen molar-refractivity contribution in [3.05, 3.63) is 105 Å². The molecule has 3 N–H and O–H groups in total. The van der Waals surface area contributed by atoms with Gasteiger partial charge in [-0.1, -0.05) is 48.0 Å². The van der Waals surface area contributed by atoms with Gasteiger partial charge in [-0.15, -0.1) is 23.1 Å². The van der Waals surface area contributed by atoms with Crippen LogP contribution in [0.3, 0.4) is 0 Å². The maximum Gasteiger partial charge on any atom is 0.341 e. The van der Waals surface area contributed by atoms with Gasteiger partial charge in [0, 0.05) is 21.3 Å². The minimum atomic E-state index is -0.616. The number of carbonyl (C=O) groups is 4. The van der Waals surface area contributed by atoms with Crippen LogP contribution in [0.1, 0.15) is 38.1 Å². The van der Waals surface area contributed by atoms with Crippen molar-refractivity contribution in [1.82, 2.24) is 0 Å². The second-order valence-electron chi connectivity index (χ2n) is 9.02. The Balaban J connectivity index is 1.40. The third kappa shape index (κ3) is 8.45. The third-order valence-electron chi connectivity index (χ3n) is 5.88. The van der Waals surface area contributed by atoms with E-state index in [0.717, 1.165) is 21.8 Å². The maximum absolute atomic E-state index is 13.0. The summed E-state index contributed by atoms with van der Waals surface area (Å²) in [6, 6.07) is 23.2. The summed E-state index contributed by atoms with van der Waals surface area (Å²) >= 11 is 8.20. The van der Waals surface area contributed by atoms with Crippen LogP contribution in [-0.4, -0.2) is 36.1 Å². The minimum absolute atomic E-state index is 0.0347. The fourth-order valence-electron chi connectivity index (χ4n) is 3.94. The number of rotatable bonds is 11. The first kappa shape index (κ1) is 30.8. The first-order valence-electron chi connectivity index (χ1n) is 13.0. The number of halogens is 1. The smallest absolute Gasteiger partial charge is 0.341 e. The summed E-state index contributed by atoms with van der Waals surface area (Å²) in [5.41, 5.74) is 2.64. The topological polar surface area (TPSA) is 114 Å². The molecule has 0 saturated heterocycles. The Morgan fingerprint density at radius 3 is 2.29 bits per heavy atom. The van der Waals surface area contributed by atoms with Gasteiger partial charge in [-0.2, -0.15) is 0 Å². The number of hydrogen-bond donors (Lipinski definition) is 3. The van der Waals surface area contributed by atoms with Gasteiger partial charge in [-0.3, -0.25) is 14.4 Å². The van der Waals surface area contributed by atoms with Gasteiger partial charge in [-0.05, 0) is 67.4 Å². The van der Waals surface area contributed by atoms with Gasteiger partial charge < -0.3 is 20.7 Å². The quantitative estimate of drug-likeness (QED) is 0.122. The molecule has 0 aliphatic rings. The standard InChI is InChI=1S/C31H28ClN3O5S2/c1-3-40-31(39)27-19(2)28(29(38)34-22-8-5-4-6-9-22)42-30(27)35-26(37)18-41-24-11-7-10-23(17-24)33-25(36)16-20-12-14-21(32)15-13-20/h4-15,17H,3,16,18H2,1-2H3,(H,33,36)(H,34,38)(H,35,37). The average molecular weight is 622 g/mol. The molecular weight excluding hydrogens is 594 g/mol. The van der Waals surface area contributed by atoms with Crippen LogP contribution < -0.4 is 16.0 Å². The lowest BCUT2D eigenvalue weighted by Gasteiger charge is -2.09. The van der Waals surface area contributed by atoms with Crippen molar-refractivity contribution in [2.75, 3.05) is 28.3 Å². The van der Waals surface area contributed by atoms with Crippen molar-refractivity contribution in [3.8, 4) is 0 Å². The Bertz CT molecular complexity index is 1590. The van der Waals surface area contributed by atoms with Crippen molar-refractivity contribution < 1.29 is 23.9 Å². The molecule has 0 radical (unpaired) electrons. The summed E-state index contributed by atoms with van der Waals surface area (Å²) < 4.78 is 5.20. The molecule has 42 heavy (non-hydrogen) atoms. The summed E-state index contributed by atoms with van der Waals surface area (Å²) in [5, 5.41) is 9.31. The van der Waals surface area contributed by atoms with E-state index >= 15 is 0 Å². The van der Waals surface area contributed by atoms with Gasteiger partial charge in [-0.25, -0.2) is 4.79 Å². The number of carbonyl (C=O) groups excluding carboxylic acids is 4. The molecule has 0 aliphatic heterocycles. The maximum atomic E-state index is 13.0. The molecule has 0 saturated carbocycles. The molecule has 0 spiro atoms. The number of ether oxygens (including phenoxy) is 1. The van der Waals surface area contributed by atoms with Crippen LogP contribution in [0, 0.1) is 6.92 Å². The molecule has 216 valence electrons. The fourth-order valence-corrected chi connectivity index (χ4v) is 5.93. The monoisotopic (exact) mass is 621 g/mol. The molecule has 8 nitrogen and oxygen atoms in total. The molecule has 0 aliphatic carbocycles. The average Bonchev–Trinajstić information content (AvgIpc) is 3.29. The molecule has 4 aromatic rings. The predicted octanol–water partition coefficient (Wildman–Crippen LogP) is 7.05. The summed E-state index contributed by atoms with van der Waals surface area (Å²) in [7, 11) is 0. The van der Waals surface area contributed by atoms with Gasteiger partial charge in [0.15, 0.2) is 0 Å². The summed E-state index contributed by atoms with van der Waals surface area (Å²) in [6.07, 6.45) is 0.200. The zero-order valence-electron chi connectivity index (χ0n) is 22.9. The van der Waals surface area contributed by atoms with Gasteiger partial charge in [0.2, 0.25) is 11.8 Å². The highest BCUT2D eigenvalue weighted by Gasteiger charge is 2.26. The number of benzene rings is 3. The number of nitrogens with one attached hydrogen (secondary N) is 3. The second kappa shape index (κ2) is 14.7. The molecule has 3 amide bonds. The highest BCUT2D eigenvalue weighted by atomic mass is 35.5. The number of para-hydroxylation sites is 1. The number of esters is 1. The van der Waals surface area contributed by atoms with E-state index in [9.17, 15) is 19.2 Å². The van der Waals surface area contributed by atoms with E-state index in [-0.39, 0.29) is 47.1 Å². The van der Waals surface area contributed by atoms with E-state index in [1.54, 1.807) is 80.6 Å². The Morgan fingerprint density at radius 2 is 1.57 bits per heavy atom. The number of hydrogen-bond acceptors (Lipinski definition) is 7. The number of amides is 3. The molecule has 0 fully saturated rings. The van der Waals surface area contributed by atoms with Crippen LogP contribution in [0.5, 0.6) is 0 Å². The number of anilines is 3. The first-order valence-corrected chi connectivity index (χ1v) is 15.2. The first-order chi connectivity index (χ1) is 20.2. The summed E-state index contributed by atoms with van der Waals surface area (Å²) in [5.74, 6) is -1.51. The molecule has 1 heterocycles. The Morgan fingerprint density at radius 1 is 0.857 bits per heavy atom. The highest BCUT2D eigenvalue weighted by Crippen LogP contribution is 2.35. The highest BCUT2D eigenvalue weighted by molar-refractivity contribution is 8.00. The van der Waals surface area contributed by atoms with Gasteiger partial charge in [0.05, 0.1) is 29.2 Å². The Hall–Kier alpha value is -4.12. The van der Waals surface area contributed by atoms with Crippen LogP contribution >= 0.6 is 34.7 Å². The molecular formula is C31H28ClN3O5S2. The second-order valence-corrected chi connectivity index (χ2v) is 11.5. The number of thiophene rings is 1. The molecule has 11 heteroatoms. The third-order valence-corrected chi connectivity index (χ3v) is 8.33. The van der Waals surface area contributed by atoms with Crippen LogP contribution in [-0.2, 0) is 20.7 Å². The van der Waals surface area contributed by atoms with Crippen LogP contribution in [0.2, 0.25) is 5.02 Å². The lowest BCUT2D eigenvalue weighted by atomic mass is 10.1. The van der Waals surface area contributed by atoms with Crippen molar-refractivity contribution >= 4 is 74.8 Å². The van der Waals surface area contributed by atoms with Crippen LogP contribution in [0.4, 0.5) is 16.4 Å². The van der Waals surface area contributed by atoms with Crippen molar-refractivity contribution in [1.29, 1.82) is 0 Å². The van der Waals surface area contributed by atoms with E-state index in [1.807, 2.05) is 12.1 Å². The van der Waals surface area contributed by atoms with E-state index in [4.69, 9.17) is 16.3 Å². The molecule has 0 unspecified atom stereocenters. The van der Waals surface area contributed by atoms with E-state index in [2.05, 4.69) is 16.0 Å². The molecule has 1 aromatic heterocycles. The van der Waals surface area contributed by atoms with Crippen molar-refractivity contribution in [3.63, 3.8) is 0 Å². The van der Waals surface area contributed by atoms with Gasteiger partial charge in [0.25, 0.3) is 5.91 Å². The van der Waals surface area contributed by atoms with E-state index in [1.165, 1.54) is 11.8 Å². The largest absolute Gasteiger partial charge is 0.462 e. The van der Waals surface area contributed by atoms with Gasteiger partial charge >= 0.3 is 5.97 Å². The van der Waals surface area contributed by atoms with Crippen LogP contribution in [0.25, 0.3) is 0 Å².